The van der Waals surface area contributed by atoms with E-state index in [2.05, 4.69) is 5.32 Å². The summed E-state index contributed by atoms with van der Waals surface area (Å²) in [5.74, 6) is -0.986. The molecule has 1 aromatic carbocycles. The number of carbonyl (C=O) groups excluding carboxylic acids is 3. The Morgan fingerprint density at radius 2 is 1.66 bits per heavy atom. The summed E-state index contributed by atoms with van der Waals surface area (Å²) in [7, 11) is 0. The molecule has 2 aliphatic rings. The van der Waals surface area contributed by atoms with Crippen molar-refractivity contribution in [3.63, 3.8) is 0 Å². The quantitative estimate of drug-likeness (QED) is 0.627. The highest BCUT2D eigenvalue weighted by Gasteiger charge is 2.30. The highest BCUT2D eigenvalue weighted by molar-refractivity contribution is 5.94. The predicted octanol–water partition coefficient (Wildman–Crippen LogP) is 3.99. The first-order chi connectivity index (χ1) is 16.5. The van der Waals surface area contributed by atoms with Gasteiger partial charge in [0.15, 0.2) is 0 Å². The zero-order valence-electron chi connectivity index (χ0n) is 20.9. The first-order valence-corrected chi connectivity index (χ1v) is 12.4. The molecular weight excluding hydrogens is 450 g/mol. The molecule has 1 atom stereocenters. The number of anilines is 1. The Kier molecular flexibility index (Phi) is 8.75. The number of amides is 3. The molecule has 192 valence electrons. The second kappa shape index (κ2) is 11.6. The van der Waals surface area contributed by atoms with Gasteiger partial charge in [0.1, 0.15) is 5.60 Å². The van der Waals surface area contributed by atoms with Gasteiger partial charge < -0.3 is 25.0 Å². The smallest absolute Gasteiger partial charge is 0.410 e. The van der Waals surface area contributed by atoms with Crippen molar-refractivity contribution in [2.45, 2.75) is 64.9 Å². The molecule has 3 amide bonds. The number of aromatic carboxylic acids is 1. The fourth-order valence-electron chi connectivity index (χ4n) is 4.57. The average Bonchev–Trinajstić information content (AvgIpc) is 2.82. The van der Waals surface area contributed by atoms with Crippen LogP contribution in [0.25, 0.3) is 0 Å². The van der Waals surface area contributed by atoms with Crippen LogP contribution in [0, 0.1) is 11.8 Å². The van der Waals surface area contributed by atoms with E-state index >= 15 is 0 Å². The van der Waals surface area contributed by atoms with Crippen molar-refractivity contribution in [2.75, 3.05) is 31.5 Å². The first-order valence-electron chi connectivity index (χ1n) is 12.4. The van der Waals surface area contributed by atoms with Gasteiger partial charge >= 0.3 is 12.1 Å². The van der Waals surface area contributed by atoms with E-state index < -0.39 is 11.6 Å². The third kappa shape index (κ3) is 7.97. The number of benzene rings is 1. The predicted molar refractivity (Wildman–Crippen MR) is 131 cm³/mol. The Hall–Kier alpha value is -3.10. The first kappa shape index (κ1) is 26.5. The number of carboxylic acids is 1. The minimum absolute atomic E-state index is 0.0721. The Morgan fingerprint density at radius 1 is 1.00 bits per heavy atom. The Morgan fingerprint density at radius 3 is 2.26 bits per heavy atom. The number of nitrogens with one attached hydrogen (secondary N) is 1. The summed E-state index contributed by atoms with van der Waals surface area (Å²) in [6, 6.07) is 6.04. The lowest BCUT2D eigenvalue weighted by Gasteiger charge is -2.34. The minimum atomic E-state index is -1.02. The minimum Gasteiger partial charge on any atom is -0.478 e. The van der Waals surface area contributed by atoms with Crippen LogP contribution >= 0.6 is 0 Å². The van der Waals surface area contributed by atoms with Crippen LogP contribution < -0.4 is 5.32 Å². The molecule has 2 heterocycles. The SMILES string of the molecule is CC(C)(C)OC(=O)N1CCC(CCC(=O)N2CCC[C@@H](C(=O)Nc3ccc(C(=O)O)cc3)C2)CC1. The highest BCUT2D eigenvalue weighted by atomic mass is 16.6. The van der Waals surface area contributed by atoms with Crippen molar-refractivity contribution in [1.29, 1.82) is 0 Å². The van der Waals surface area contributed by atoms with Crippen LogP contribution in [0.1, 0.15) is 69.7 Å². The zero-order valence-corrected chi connectivity index (χ0v) is 20.9. The van der Waals surface area contributed by atoms with E-state index in [0.717, 1.165) is 25.7 Å². The van der Waals surface area contributed by atoms with Gasteiger partial charge in [-0.05, 0) is 83.1 Å². The van der Waals surface area contributed by atoms with Crippen molar-refractivity contribution < 1.29 is 29.0 Å². The maximum absolute atomic E-state index is 12.9. The number of rotatable bonds is 6. The van der Waals surface area contributed by atoms with Gasteiger partial charge in [-0.3, -0.25) is 9.59 Å². The number of carbonyl (C=O) groups is 4. The van der Waals surface area contributed by atoms with Crippen molar-refractivity contribution in [2.24, 2.45) is 11.8 Å². The summed E-state index contributed by atoms with van der Waals surface area (Å²) in [5, 5.41) is 11.8. The van der Waals surface area contributed by atoms with Gasteiger partial charge in [-0.15, -0.1) is 0 Å². The molecule has 3 rings (SSSR count). The molecule has 9 heteroatoms. The van der Waals surface area contributed by atoms with Crippen molar-refractivity contribution in [3.8, 4) is 0 Å². The Bertz CT molecular complexity index is 916. The fraction of sp³-hybridized carbons (Fsp3) is 0.615. The third-order valence-corrected chi connectivity index (χ3v) is 6.58. The number of ether oxygens (including phenoxy) is 1. The van der Waals surface area contributed by atoms with Crippen LogP contribution in [0.15, 0.2) is 24.3 Å². The molecule has 0 bridgehead atoms. The zero-order chi connectivity index (χ0) is 25.6. The van der Waals surface area contributed by atoms with Crippen molar-refractivity contribution in [3.05, 3.63) is 29.8 Å². The average molecular weight is 488 g/mol. The van der Waals surface area contributed by atoms with Crippen LogP contribution in [0.3, 0.4) is 0 Å². The molecule has 0 unspecified atom stereocenters. The molecule has 0 radical (unpaired) electrons. The normalized spacial score (nSPS) is 19.2. The molecule has 0 saturated carbocycles. The number of hydrogen-bond donors (Lipinski definition) is 2. The lowest BCUT2D eigenvalue weighted by Crippen LogP contribution is -2.44. The van der Waals surface area contributed by atoms with Crippen LogP contribution in [0.4, 0.5) is 10.5 Å². The van der Waals surface area contributed by atoms with E-state index in [1.807, 2.05) is 20.8 Å². The number of nitrogens with zero attached hydrogens (tertiary/aromatic N) is 2. The lowest BCUT2D eigenvalue weighted by atomic mass is 9.91. The van der Waals surface area contributed by atoms with Crippen LogP contribution in [0.5, 0.6) is 0 Å². The Balaban J connectivity index is 1.41. The van der Waals surface area contributed by atoms with Crippen LogP contribution in [-0.4, -0.2) is 70.6 Å². The highest BCUT2D eigenvalue weighted by Crippen LogP contribution is 2.25. The second-order valence-corrected chi connectivity index (χ2v) is 10.5. The van der Waals surface area contributed by atoms with Gasteiger partial charge in [0.2, 0.25) is 11.8 Å². The molecule has 2 fully saturated rings. The molecule has 2 saturated heterocycles. The summed E-state index contributed by atoms with van der Waals surface area (Å²) in [6.45, 7) is 7.92. The van der Waals surface area contributed by atoms with E-state index in [1.54, 1.807) is 21.9 Å². The molecule has 0 spiro atoms. The molecule has 2 N–H and O–H groups in total. The maximum atomic E-state index is 12.9. The fourth-order valence-corrected chi connectivity index (χ4v) is 4.57. The lowest BCUT2D eigenvalue weighted by molar-refractivity contribution is -0.135. The van der Waals surface area contributed by atoms with Gasteiger partial charge in [0, 0.05) is 38.3 Å². The van der Waals surface area contributed by atoms with Gasteiger partial charge in [-0.1, -0.05) is 0 Å². The summed E-state index contributed by atoms with van der Waals surface area (Å²) in [5.41, 5.74) is 0.197. The van der Waals surface area contributed by atoms with Gasteiger partial charge in [0.25, 0.3) is 0 Å². The van der Waals surface area contributed by atoms with Gasteiger partial charge in [-0.25, -0.2) is 9.59 Å². The van der Waals surface area contributed by atoms with Crippen molar-refractivity contribution >= 4 is 29.6 Å². The molecule has 2 aliphatic heterocycles. The van der Waals surface area contributed by atoms with E-state index in [9.17, 15) is 19.2 Å². The maximum Gasteiger partial charge on any atom is 0.410 e. The van der Waals surface area contributed by atoms with E-state index in [4.69, 9.17) is 9.84 Å². The summed E-state index contributed by atoms with van der Waals surface area (Å²) in [6.07, 6.45) is 4.16. The van der Waals surface area contributed by atoms with E-state index in [1.165, 1.54) is 12.1 Å². The summed E-state index contributed by atoms with van der Waals surface area (Å²) in [4.78, 5) is 52.3. The number of piperidine rings is 2. The molecule has 0 aliphatic carbocycles. The monoisotopic (exact) mass is 487 g/mol. The summed E-state index contributed by atoms with van der Waals surface area (Å²) < 4.78 is 5.44. The number of likely N-dealkylation sites (tertiary alicyclic amines) is 2. The Labute approximate surface area is 206 Å². The van der Waals surface area contributed by atoms with Crippen LogP contribution in [0.2, 0.25) is 0 Å². The second-order valence-electron chi connectivity index (χ2n) is 10.5. The number of hydrogen-bond acceptors (Lipinski definition) is 5. The van der Waals surface area contributed by atoms with Gasteiger partial charge in [0.05, 0.1) is 11.5 Å². The topological polar surface area (TPSA) is 116 Å². The molecular formula is C26H37N3O6. The largest absolute Gasteiger partial charge is 0.478 e. The molecule has 9 nitrogen and oxygen atoms in total. The number of carboxylic acid groups (broad SMARTS) is 1. The third-order valence-electron chi connectivity index (χ3n) is 6.58. The van der Waals surface area contributed by atoms with Gasteiger partial charge in [-0.2, -0.15) is 0 Å². The molecule has 0 aromatic heterocycles. The molecule has 35 heavy (non-hydrogen) atoms. The van der Waals surface area contributed by atoms with E-state index in [0.29, 0.717) is 50.6 Å². The summed E-state index contributed by atoms with van der Waals surface area (Å²) >= 11 is 0. The van der Waals surface area contributed by atoms with Crippen LogP contribution in [-0.2, 0) is 14.3 Å². The van der Waals surface area contributed by atoms with E-state index in [-0.39, 0.29) is 29.4 Å². The van der Waals surface area contributed by atoms with Crippen molar-refractivity contribution in [1.82, 2.24) is 9.80 Å². The molecule has 1 aromatic rings. The standard InChI is InChI=1S/C26H37N3O6/c1-26(2,3)35-25(34)28-15-12-18(13-16-28)6-11-22(30)29-14-4-5-20(17-29)23(31)27-21-9-7-19(8-10-21)24(32)33/h7-10,18,20H,4-6,11-17H2,1-3H3,(H,27,31)(H,32,33)/t20-/m1/s1.